The van der Waals surface area contributed by atoms with Gasteiger partial charge in [0.15, 0.2) is 39.0 Å². The molecule has 1 aromatic rings. The van der Waals surface area contributed by atoms with Crippen LogP contribution in [-0.4, -0.2) is 47.2 Å². The van der Waals surface area contributed by atoms with Crippen LogP contribution in [0, 0.1) is 5.92 Å². The number of carbonyl (C=O) groups excluding carboxylic acids is 1. The quantitative estimate of drug-likeness (QED) is 0.533. The summed E-state index contributed by atoms with van der Waals surface area (Å²) in [6.07, 6.45) is -0.778. The van der Waals surface area contributed by atoms with Crippen LogP contribution in [-0.2, 0) is 39.1 Å². The number of hydrogen-bond donors (Lipinski definition) is 0. The van der Waals surface area contributed by atoms with Gasteiger partial charge in [0.1, 0.15) is 11.7 Å². The monoisotopic (exact) mass is 423 g/mol. The standard InChI is InChI=1S/C22H31O6S/c1-7-24-18(23)15-13-22(15)17(16-19(27-22)26-21(5,6)25-16)28-29(20(2,3)4)14-11-9-8-10-12-14/h8-12,15-17,19H,7,13H2,1-6H3/q+1/t15-,16?,17?,19+,22-,29?/m1/s1. The third-order valence-corrected chi connectivity index (χ3v) is 7.65. The molecule has 1 aliphatic carbocycles. The molecule has 160 valence electrons. The van der Waals surface area contributed by atoms with Crippen molar-refractivity contribution in [2.45, 2.75) is 87.5 Å². The molecule has 3 fully saturated rings. The molecule has 1 aromatic carbocycles. The summed E-state index contributed by atoms with van der Waals surface area (Å²) in [4.78, 5) is 13.6. The number of ether oxygens (including phenoxy) is 4. The fourth-order valence-corrected chi connectivity index (χ4v) is 6.17. The molecule has 2 heterocycles. The minimum absolute atomic E-state index is 0.135. The third-order valence-electron chi connectivity index (χ3n) is 5.44. The zero-order valence-electron chi connectivity index (χ0n) is 18.0. The van der Waals surface area contributed by atoms with Gasteiger partial charge in [-0.2, -0.15) is 4.18 Å². The highest BCUT2D eigenvalue weighted by Gasteiger charge is 2.77. The van der Waals surface area contributed by atoms with E-state index in [1.54, 1.807) is 0 Å². The summed E-state index contributed by atoms with van der Waals surface area (Å²) in [6.45, 7) is 12.4. The Morgan fingerprint density at radius 3 is 2.48 bits per heavy atom. The first kappa shape index (κ1) is 21.1. The van der Waals surface area contributed by atoms with Gasteiger partial charge in [-0.3, -0.25) is 4.79 Å². The highest BCUT2D eigenvalue weighted by molar-refractivity contribution is 7.93. The lowest BCUT2D eigenvalue weighted by molar-refractivity contribution is -0.220. The van der Waals surface area contributed by atoms with Gasteiger partial charge in [-0.1, -0.05) is 18.2 Å². The van der Waals surface area contributed by atoms with Crippen molar-refractivity contribution in [1.82, 2.24) is 0 Å². The van der Waals surface area contributed by atoms with Crippen molar-refractivity contribution in [3.05, 3.63) is 30.3 Å². The van der Waals surface area contributed by atoms with Gasteiger partial charge in [0.25, 0.3) is 0 Å². The predicted octanol–water partition coefficient (Wildman–Crippen LogP) is 3.59. The summed E-state index contributed by atoms with van der Waals surface area (Å²) in [5.74, 6) is -1.34. The smallest absolute Gasteiger partial charge is 0.312 e. The number of carbonyl (C=O) groups is 1. The molecule has 1 spiro atoms. The Labute approximate surface area is 175 Å². The van der Waals surface area contributed by atoms with Gasteiger partial charge < -0.3 is 18.9 Å². The second-order valence-electron chi connectivity index (χ2n) is 9.26. The Bertz CT molecular complexity index is 760. The molecule has 6 atom stereocenters. The van der Waals surface area contributed by atoms with Gasteiger partial charge in [0.2, 0.25) is 0 Å². The lowest BCUT2D eigenvalue weighted by atomic mass is 10.1. The molecule has 0 radical (unpaired) electrons. The van der Waals surface area contributed by atoms with Crippen LogP contribution in [0.15, 0.2) is 35.2 Å². The van der Waals surface area contributed by atoms with Crippen LogP contribution in [0.3, 0.4) is 0 Å². The van der Waals surface area contributed by atoms with Crippen molar-refractivity contribution in [2.24, 2.45) is 5.92 Å². The van der Waals surface area contributed by atoms with Crippen molar-refractivity contribution in [3.8, 4) is 0 Å². The van der Waals surface area contributed by atoms with Crippen LogP contribution in [0.4, 0.5) is 0 Å². The van der Waals surface area contributed by atoms with Crippen molar-refractivity contribution < 1.29 is 27.9 Å². The fraction of sp³-hybridized carbons (Fsp3) is 0.682. The van der Waals surface area contributed by atoms with Crippen LogP contribution < -0.4 is 0 Å². The highest BCUT2D eigenvalue weighted by Crippen LogP contribution is 2.60. The van der Waals surface area contributed by atoms with E-state index in [0.717, 1.165) is 4.90 Å². The lowest BCUT2D eigenvalue weighted by Crippen LogP contribution is -2.44. The summed E-state index contributed by atoms with van der Waals surface area (Å²) in [5.41, 5.74) is -0.747. The second kappa shape index (κ2) is 7.24. The molecule has 0 amide bonds. The topological polar surface area (TPSA) is 63.2 Å². The van der Waals surface area contributed by atoms with Crippen LogP contribution in [0.25, 0.3) is 0 Å². The zero-order valence-corrected chi connectivity index (χ0v) is 18.8. The first-order chi connectivity index (χ1) is 13.6. The third kappa shape index (κ3) is 3.83. The summed E-state index contributed by atoms with van der Waals surface area (Å²) < 4.78 is 30.4. The summed E-state index contributed by atoms with van der Waals surface area (Å²) >= 11 is -0.535. The molecular weight excluding hydrogens is 392 g/mol. The van der Waals surface area contributed by atoms with E-state index < -0.39 is 35.0 Å². The Balaban J connectivity index is 1.65. The molecule has 7 heteroatoms. The van der Waals surface area contributed by atoms with E-state index in [1.165, 1.54) is 0 Å². The molecule has 0 bridgehead atoms. The second-order valence-corrected chi connectivity index (χ2v) is 11.7. The lowest BCUT2D eigenvalue weighted by Gasteiger charge is -2.28. The number of rotatable bonds is 5. The Kier molecular flexibility index (Phi) is 5.27. The van der Waals surface area contributed by atoms with E-state index in [9.17, 15) is 4.79 Å². The van der Waals surface area contributed by atoms with Crippen LogP contribution in [0.1, 0.15) is 48.0 Å². The predicted molar refractivity (Wildman–Crippen MR) is 109 cm³/mol. The van der Waals surface area contributed by atoms with E-state index in [4.69, 9.17) is 23.1 Å². The normalized spacial score (nSPS) is 36.1. The number of esters is 1. The maximum absolute atomic E-state index is 12.5. The molecule has 2 saturated heterocycles. The van der Waals surface area contributed by atoms with E-state index in [0.29, 0.717) is 13.0 Å². The molecule has 0 aromatic heterocycles. The van der Waals surface area contributed by atoms with Gasteiger partial charge in [-0.25, -0.2) is 0 Å². The van der Waals surface area contributed by atoms with E-state index in [-0.39, 0.29) is 22.7 Å². The molecular formula is C22H31O6S+. The van der Waals surface area contributed by atoms with Crippen molar-refractivity contribution in [2.75, 3.05) is 6.61 Å². The maximum atomic E-state index is 12.5. The summed E-state index contributed by atoms with van der Waals surface area (Å²) in [5, 5.41) is 0. The first-order valence-corrected chi connectivity index (χ1v) is 11.4. The molecule has 1 saturated carbocycles. The number of benzene rings is 1. The van der Waals surface area contributed by atoms with Gasteiger partial charge in [-0.05, 0) is 60.1 Å². The van der Waals surface area contributed by atoms with Crippen LogP contribution in [0.5, 0.6) is 0 Å². The SMILES string of the molecule is CCOC(=O)[C@H]1C[C@@]12O[C@@H]1OC(C)(C)OC1C2O[S+](c1ccccc1)C(C)(C)C. The number of fused-ring (bicyclic) bond motifs is 1. The number of hydrogen-bond acceptors (Lipinski definition) is 6. The highest BCUT2D eigenvalue weighted by atomic mass is 32.2. The van der Waals surface area contributed by atoms with Gasteiger partial charge >= 0.3 is 5.97 Å². The summed E-state index contributed by atoms with van der Waals surface area (Å²) in [7, 11) is 0. The van der Waals surface area contributed by atoms with E-state index in [2.05, 4.69) is 32.9 Å². The molecule has 0 N–H and O–H groups in total. The zero-order chi connectivity index (χ0) is 21.0. The molecule has 29 heavy (non-hydrogen) atoms. The fourth-order valence-electron chi connectivity index (χ4n) is 4.18. The van der Waals surface area contributed by atoms with Crippen molar-refractivity contribution in [3.63, 3.8) is 0 Å². The summed E-state index contributed by atoms with van der Waals surface area (Å²) in [6, 6.07) is 10.2. The van der Waals surface area contributed by atoms with Gasteiger partial charge in [0.05, 0.1) is 12.5 Å². The minimum atomic E-state index is -0.750. The maximum Gasteiger partial charge on any atom is 0.312 e. The average molecular weight is 424 g/mol. The van der Waals surface area contributed by atoms with Crippen LogP contribution in [0.2, 0.25) is 0 Å². The molecule has 3 aliphatic rings. The largest absolute Gasteiger partial charge is 0.466 e. The van der Waals surface area contributed by atoms with E-state index >= 15 is 0 Å². The van der Waals surface area contributed by atoms with Crippen molar-refractivity contribution >= 4 is 17.1 Å². The van der Waals surface area contributed by atoms with Crippen LogP contribution >= 0.6 is 0 Å². The van der Waals surface area contributed by atoms with E-state index in [1.807, 2.05) is 39.0 Å². The Morgan fingerprint density at radius 1 is 1.17 bits per heavy atom. The van der Waals surface area contributed by atoms with Gasteiger partial charge in [-0.15, -0.1) is 0 Å². The molecule has 6 nitrogen and oxygen atoms in total. The first-order valence-electron chi connectivity index (χ1n) is 10.2. The average Bonchev–Trinajstić information content (AvgIpc) is 3.18. The Morgan fingerprint density at radius 2 is 1.86 bits per heavy atom. The Hall–Kier alpha value is -1.12. The van der Waals surface area contributed by atoms with Gasteiger partial charge in [0, 0.05) is 0 Å². The minimum Gasteiger partial charge on any atom is -0.466 e. The molecule has 4 rings (SSSR count). The molecule has 3 unspecified atom stereocenters. The molecule has 2 aliphatic heterocycles. The van der Waals surface area contributed by atoms with Crippen molar-refractivity contribution in [1.29, 1.82) is 0 Å².